The minimum absolute atomic E-state index is 0.0587. The van der Waals surface area contributed by atoms with Crippen molar-refractivity contribution in [3.63, 3.8) is 0 Å². The van der Waals surface area contributed by atoms with Gasteiger partial charge in [-0.1, -0.05) is 11.8 Å². The van der Waals surface area contributed by atoms with Crippen LogP contribution in [0.3, 0.4) is 0 Å². The number of likely N-dealkylation sites (tertiary alicyclic amines) is 1. The van der Waals surface area contributed by atoms with E-state index in [0.29, 0.717) is 81.1 Å². The Kier molecular flexibility index (Phi) is 10.2. The predicted molar refractivity (Wildman–Crippen MR) is 156 cm³/mol. The summed E-state index contributed by atoms with van der Waals surface area (Å²) in [5.74, 6) is 2.84. The second-order valence-corrected chi connectivity index (χ2v) is 11.5. The summed E-state index contributed by atoms with van der Waals surface area (Å²) < 4.78 is 68.2. The van der Waals surface area contributed by atoms with Crippen molar-refractivity contribution in [2.24, 2.45) is 5.41 Å². The summed E-state index contributed by atoms with van der Waals surface area (Å²) in [4.78, 5) is 8.90. The van der Waals surface area contributed by atoms with Crippen molar-refractivity contribution >= 4 is 10.9 Å². The highest BCUT2D eigenvalue weighted by Crippen LogP contribution is 2.41. The monoisotopic (exact) mass is 599 g/mol. The number of benzene rings is 2. The summed E-state index contributed by atoms with van der Waals surface area (Å²) in [6, 6.07) is 6.73. The Balaban J connectivity index is 1.26. The van der Waals surface area contributed by atoms with Gasteiger partial charge in [-0.15, -0.1) is 0 Å². The molecule has 6 nitrogen and oxygen atoms in total. The van der Waals surface area contributed by atoms with Crippen LogP contribution in [0.25, 0.3) is 10.9 Å². The molecule has 0 aliphatic carbocycles. The molecule has 2 fully saturated rings. The van der Waals surface area contributed by atoms with Crippen LogP contribution in [0.2, 0.25) is 0 Å². The van der Waals surface area contributed by atoms with Gasteiger partial charge in [-0.05, 0) is 68.0 Å². The van der Waals surface area contributed by atoms with Gasteiger partial charge in [-0.2, -0.15) is 0 Å². The molecule has 1 aromatic heterocycles. The summed E-state index contributed by atoms with van der Waals surface area (Å²) in [6.45, 7) is 4.85. The van der Waals surface area contributed by atoms with Gasteiger partial charge in [0.05, 0.1) is 37.9 Å². The first-order chi connectivity index (χ1) is 20.8. The Hall–Kier alpha value is -3.23. The molecule has 1 atom stereocenters. The molecule has 2 aliphatic heterocycles. The maximum Gasteiger partial charge on any atom is 0.144 e. The molecular weight excluding hydrogens is 562 g/mol. The number of rotatable bonds is 9. The molecule has 2 aromatic carbocycles. The van der Waals surface area contributed by atoms with Crippen molar-refractivity contribution < 1.29 is 32.1 Å². The zero-order valence-electron chi connectivity index (χ0n) is 24.4. The minimum atomic E-state index is -1.26. The average molecular weight is 600 g/mol. The number of morpholine rings is 1. The van der Waals surface area contributed by atoms with E-state index in [2.05, 4.69) is 21.7 Å². The third-order valence-electron chi connectivity index (χ3n) is 8.71. The predicted octanol–water partition coefficient (Wildman–Crippen LogP) is 5.41. The number of hydrogen-bond donors (Lipinski definition) is 1. The number of piperidine rings is 1. The first-order valence-corrected chi connectivity index (χ1v) is 14.7. The first-order valence-electron chi connectivity index (χ1n) is 14.7. The van der Waals surface area contributed by atoms with Gasteiger partial charge in [0.2, 0.25) is 0 Å². The first kappa shape index (κ1) is 31.2. The van der Waals surface area contributed by atoms with E-state index >= 15 is 4.39 Å². The average Bonchev–Trinajstić information content (AvgIpc) is 3.02. The smallest absolute Gasteiger partial charge is 0.144 e. The molecule has 0 radical (unpaired) electrons. The number of ether oxygens (including phenoxy) is 2. The number of halogens is 4. The normalized spacial score (nSPS) is 18.3. The molecule has 10 heteroatoms. The van der Waals surface area contributed by atoms with Crippen molar-refractivity contribution in [1.82, 2.24) is 14.8 Å². The number of methoxy groups -OCH3 is 1. The van der Waals surface area contributed by atoms with Crippen LogP contribution in [0.15, 0.2) is 36.5 Å². The van der Waals surface area contributed by atoms with Gasteiger partial charge in [0.15, 0.2) is 0 Å². The highest BCUT2D eigenvalue weighted by molar-refractivity contribution is 5.85. The molecule has 1 unspecified atom stereocenters. The lowest BCUT2D eigenvalue weighted by atomic mass is 9.74. The van der Waals surface area contributed by atoms with Crippen LogP contribution in [-0.4, -0.2) is 79.5 Å². The topological polar surface area (TPSA) is 58.1 Å². The van der Waals surface area contributed by atoms with Crippen LogP contribution in [0.4, 0.5) is 17.6 Å². The Labute approximate surface area is 249 Å². The van der Waals surface area contributed by atoms with Crippen molar-refractivity contribution in [1.29, 1.82) is 0 Å². The third-order valence-corrected chi connectivity index (χ3v) is 8.71. The van der Waals surface area contributed by atoms with Crippen molar-refractivity contribution in [3.05, 3.63) is 70.7 Å². The molecule has 0 amide bonds. The largest absolute Gasteiger partial charge is 0.497 e. The van der Waals surface area contributed by atoms with Gasteiger partial charge in [-0.3, -0.25) is 14.8 Å². The Bertz CT molecular complexity index is 1450. The summed E-state index contributed by atoms with van der Waals surface area (Å²) in [7, 11) is 1.58. The molecule has 0 spiro atoms. The summed E-state index contributed by atoms with van der Waals surface area (Å²) in [5.41, 5.74) is 1.28. The van der Waals surface area contributed by atoms with Gasteiger partial charge in [0, 0.05) is 55.5 Å². The van der Waals surface area contributed by atoms with Crippen molar-refractivity contribution in [2.45, 2.75) is 38.4 Å². The lowest BCUT2D eigenvalue weighted by molar-refractivity contribution is 0.0323. The van der Waals surface area contributed by atoms with Crippen LogP contribution in [-0.2, 0) is 11.3 Å². The van der Waals surface area contributed by atoms with Gasteiger partial charge < -0.3 is 14.6 Å². The third kappa shape index (κ3) is 7.47. The number of hydrogen-bond acceptors (Lipinski definition) is 6. The number of aromatic nitrogens is 1. The Morgan fingerprint density at radius 2 is 1.77 bits per heavy atom. The van der Waals surface area contributed by atoms with E-state index in [1.807, 2.05) is 23.1 Å². The molecule has 0 saturated carbocycles. The second-order valence-electron chi connectivity index (χ2n) is 11.5. The van der Waals surface area contributed by atoms with E-state index in [-0.39, 0.29) is 19.6 Å². The summed E-state index contributed by atoms with van der Waals surface area (Å²) >= 11 is 0. The summed E-state index contributed by atoms with van der Waals surface area (Å²) in [5, 5.41) is 11.1. The van der Waals surface area contributed by atoms with Crippen LogP contribution < -0.4 is 4.74 Å². The molecule has 5 rings (SSSR count). The van der Waals surface area contributed by atoms with Crippen LogP contribution >= 0.6 is 0 Å². The van der Waals surface area contributed by atoms with E-state index < -0.39 is 34.6 Å². The minimum Gasteiger partial charge on any atom is -0.497 e. The molecule has 3 aromatic rings. The summed E-state index contributed by atoms with van der Waals surface area (Å²) in [6.07, 6.45) is 2.54. The van der Waals surface area contributed by atoms with E-state index in [1.54, 1.807) is 13.3 Å². The van der Waals surface area contributed by atoms with E-state index in [1.165, 1.54) is 0 Å². The lowest BCUT2D eigenvalue weighted by Gasteiger charge is -2.40. The lowest BCUT2D eigenvalue weighted by Crippen LogP contribution is -2.42. The van der Waals surface area contributed by atoms with Gasteiger partial charge >= 0.3 is 0 Å². The molecule has 0 bridgehead atoms. The fraction of sp³-hybridized carbons (Fsp3) is 0.485. The fourth-order valence-electron chi connectivity index (χ4n) is 6.01. The Morgan fingerprint density at radius 1 is 1.05 bits per heavy atom. The maximum atomic E-state index is 16.4. The van der Waals surface area contributed by atoms with Crippen LogP contribution in [0.5, 0.6) is 5.75 Å². The van der Waals surface area contributed by atoms with Crippen LogP contribution in [0.1, 0.15) is 48.5 Å². The number of aliphatic hydroxyl groups excluding tert-OH is 1. The van der Waals surface area contributed by atoms with Crippen molar-refractivity contribution in [3.8, 4) is 17.6 Å². The molecule has 1 N–H and O–H groups in total. The number of fused-ring (bicyclic) bond motifs is 1. The molecule has 2 aliphatic rings. The van der Waals surface area contributed by atoms with Gasteiger partial charge in [0.25, 0.3) is 0 Å². The van der Waals surface area contributed by atoms with E-state index in [4.69, 9.17) is 9.47 Å². The Morgan fingerprint density at radius 3 is 2.44 bits per heavy atom. The zero-order chi connectivity index (χ0) is 30.4. The fourth-order valence-corrected chi connectivity index (χ4v) is 6.01. The second kappa shape index (κ2) is 14.0. The van der Waals surface area contributed by atoms with Gasteiger partial charge in [-0.25, -0.2) is 17.6 Å². The number of nitrogens with zero attached hydrogens (tertiary/aromatic N) is 3. The number of pyridine rings is 1. The standard InChI is InChI=1S/C33H37F4N3O3/c1-42-25-4-5-31-27(19-25)32(23(20-38-31)21-40-13-15-43-16-14-40)28(35)6-7-33(22-41)8-11-39(12-9-33)10-2-3-26-29(36)17-24(34)18-30(26)37/h4-5,17-20,28,41H,6-16,21-22H2,1H3. The highest BCUT2D eigenvalue weighted by atomic mass is 19.1. The SMILES string of the molecule is COc1ccc2ncc(CN3CCOCC3)c(C(F)CCC3(CO)CCN(CC#Cc4c(F)cc(F)cc4F)CC3)c2c1. The van der Waals surface area contributed by atoms with E-state index in [9.17, 15) is 18.3 Å². The van der Waals surface area contributed by atoms with Gasteiger partial charge in [0.1, 0.15) is 29.4 Å². The highest BCUT2D eigenvalue weighted by Gasteiger charge is 2.35. The number of alkyl halides is 1. The van der Waals surface area contributed by atoms with Crippen LogP contribution in [0, 0.1) is 34.7 Å². The zero-order valence-corrected chi connectivity index (χ0v) is 24.4. The number of aliphatic hydroxyl groups is 1. The maximum absolute atomic E-state index is 16.4. The van der Waals surface area contributed by atoms with E-state index in [0.717, 1.165) is 24.0 Å². The molecule has 3 heterocycles. The molecule has 43 heavy (non-hydrogen) atoms. The van der Waals surface area contributed by atoms with Crippen molar-refractivity contribution in [2.75, 3.05) is 59.7 Å². The molecule has 2 saturated heterocycles. The molecular formula is C33H37F4N3O3. The quantitative estimate of drug-likeness (QED) is 0.262. The molecule has 230 valence electrons.